The number of hydrogen-bond donors (Lipinski definition) is 0. The predicted octanol–water partition coefficient (Wildman–Crippen LogP) is 5.35. The maximum absolute atomic E-state index is 4.08. The molecule has 0 N–H and O–H groups in total. The number of benzene rings is 1. The second-order valence-corrected chi connectivity index (χ2v) is 10.2. The van der Waals surface area contributed by atoms with Crippen LogP contribution in [0.4, 0.5) is 5.69 Å². The van der Waals surface area contributed by atoms with E-state index >= 15 is 0 Å². The molecule has 164 valence electrons. The van der Waals surface area contributed by atoms with Crippen molar-refractivity contribution in [2.75, 3.05) is 39.6 Å². The Kier molecular flexibility index (Phi) is 6.56. The van der Waals surface area contributed by atoms with Gasteiger partial charge in [-0.1, -0.05) is 50.8 Å². The Morgan fingerprint density at radius 3 is 2.48 bits per heavy atom. The minimum atomic E-state index is 0.00226. The lowest BCUT2D eigenvalue weighted by molar-refractivity contribution is -0.873. The summed E-state index contributed by atoms with van der Waals surface area (Å²) in [6, 6.07) is 10.9. The monoisotopic (exact) mass is 417 g/mol. The molecule has 0 saturated heterocycles. The Bertz CT molecular complexity index is 1020. The summed E-state index contributed by atoms with van der Waals surface area (Å²) in [5.74, 6) is 0. The largest absolute Gasteiger partial charge is 0.347 e. The average molecular weight is 418 g/mol. The fourth-order valence-electron chi connectivity index (χ4n) is 4.64. The molecule has 0 atom stereocenters. The second-order valence-electron chi connectivity index (χ2n) is 10.2. The molecule has 0 spiro atoms. The summed E-state index contributed by atoms with van der Waals surface area (Å²) in [6.45, 7) is 13.1. The van der Waals surface area contributed by atoms with Gasteiger partial charge in [-0.05, 0) is 30.2 Å². The highest BCUT2D eigenvalue weighted by atomic mass is 15.3. The van der Waals surface area contributed by atoms with Crippen LogP contribution >= 0.6 is 0 Å². The summed E-state index contributed by atoms with van der Waals surface area (Å²) in [7, 11) is 8.90. The minimum absolute atomic E-state index is 0.00226. The summed E-state index contributed by atoms with van der Waals surface area (Å²) in [5.41, 5.74) is 7.73. The summed E-state index contributed by atoms with van der Waals surface area (Å²) < 4.78 is 3.32. The number of aromatic nitrogens is 1. The van der Waals surface area contributed by atoms with Crippen molar-refractivity contribution in [2.24, 2.45) is 0 Å². The van der Waals surface area contributed by atoms with Gasteiger partial charge in [-0.3, -0.25) is 0 Å². The van der Waals surface area contributed by atoms with Crippen molar-refractivity contribution in [1.82, 2.24) is 0 Å². The lowest BCUT2D eigenvalue weighted by Gasteiger charge is -2.23. The fraction of sp³-hybridized carbons (Fsp3) is 0.393. The Morgan fingerprint density at radius 1 is 1.13 bits per heavy atom. The summed E-state index contributed by atoms with van der Waals surface area (Å²) in [4.78, 5) is 2.31. The van der Waals surface area contributed by atoms with Crippen LogP contribution in [0.1, 0.15) is 42.7 Å². The van der Waals surface area contributed by atoms with E-state index < -0.39 is 0 Å². The number of fused-ring (bicyclic) bond motifs is 1. The number of para-hydroxylation sites is 1. The zero-order valence-corrected chi connectivity index (χ0v) is 20.4. The molecular weight excluding hydrogens is 378 g/mol. The lowest BCUT2D eigenvalue weighted by atomic mass is 9.84. The van der Waals surface area contributed by atoms with Gasteiger partial charge in [0.1, 0.15) is 0 Å². The molecule has 3 rings (SSSR count). The van der Waals surface area contributed by atoms with Gasteiger partial charge >= 0.3 is 0 Å². The van der Waals surface area contributed by atoms with Crippen molar-refractivity contribution in [3.05, 3.63) is 83.3 Å². The fourth-order valence-corrected chi connectivity index (χ4v) is 4.64. The number of pyridine rings is 1. The van der Waals surface area contributed by atoms with Gasteiger partial charge in [-0.15, -0.1) is 0 Å². The Morgan fingerprint density at radius 2 is 1.84 bits per heavy atom. The van der Waals surface area contributed by atoms with Gasteiger partial charge in [0.15, 0.2) is 12.7 Å². The Labute approximate surface area is 189 Å². The van der Waals surface area contributed by atoms with Crippen LogP contribution in [0.2, 0.25) is 0 Å². The number of aryl methyl sites for hydroxylation is 1. The molecule has 0 aliphatic carbocycles. The van der Waals surface area contributed by atoms with E-state index in [9.17, 15) is 0 Å². The van der Waals surface area contributed by atoms with E-state index in [2.05, 4.69) is 120 Å². The van der Waals surface area contributed by atoms with E-state index in [1.165, 1.54) is 33.8 Å². The van der Waals surface area contributed by atoms with Gasteiger partial charge in [0.25, 0.3) is 0 Å². The molecule has 1 aliphatic heterocycles. The molecular formula is C28H39N3+2. The number of allylic oxidation sites excluding steroid dienone is 3. The number of anilines is 1. The molecule has 0 saturated carbocycles. The van der Waals surface area contributed by atoms with Crippen LogP contribution in [-0.4, -0.2) is 39.2 Å². The molecule has 0 unspecified atom stereocenters. The standard InChI is InChI=1S/C28H39N3/c1-9-25-22(2)23(18-20-30(25)19-13-21-31(6,7)8)14-12-17-27-28(3,4)24-15-10-11-16-26(24)29(27)5/h9-12,14-18,20H,1,13,19,21H2,2-8H3/q+2. The molecule has 3 nitrogen and oxygen atoms in total. The van der Waals surface area contributed by atoms with Crippen molar-refractivity contribution in [3.8, 4) is 0 Å². The zero-order valence-electron chi connectivity index (χ0n) is 20.4. The first-order valence-corrected chi connectivity index (χ1v) is 11.2. The minimum Gasteiger partial charge on any atom is -0.347 e. The third kappa shape index (κ3) is 4.83. The molecule has 2 heterocycles. The maximum atomic E-state index is 4.08. The van der Waals surface area contributed by atoms with Crippen LogP contribution in [0, 0.1) is 6.92 Å². The van der Waals surface area contributed by atoms with E-state index in [0.717, 1.165) is 24.0 Å². The number of rotatable bonds is 7. The summed E-state index contributed by atoms with van der Waals surface area (Å²) in [6.07, 6.45) is 12.0. The van der Waals surface area contributed by atoms with Gasteiger partial charge in [0.2, 0.25) is 5.69 Å². The van der Waals surface area contributed by atoms with E-state index in [1.54, 1.807) is 0 Å². The predicted molar refractivity (Wildman–Crippen MR) is 134 cm³/mol. The van der Waals surface area contributed by atoms with Gasteiger partial charge in [0, 0.05) is 41.6 Å². The number of quaternary nitrogens is 1. The van der Waals surface area contributed by atoms with Crippen LogP contribution in [0.5, 0.6) is 0 Å². The first-order chi connectivity index (χ1) is 14.6. The molecule has 0 bridgehead atoms. The van der Waals surface area contributed by atoms with Gasteiger partial charge in [-0.2, -0.15) is 4.57 Å². The summed E-state index contributed by atoms with van der Waals surface area (Å²) in [5, 5.41) is 0. The van der Waals surface area contributed by atoms with E-state index in [4.69, 9.17) is 0 Å². The van der Waals surface area contributed by atoms with Crippen molar-refractivity contribution in [2.45, 2.75) is 39.2 Å². The molecule has 1 aromatic carbocycles. The SMILES string of the molecule is C=Cc1c(C)c(/C=C/C=C2/N(C)c3ccccc3C2(C)C)cc[n+]1CCC[N+](C)(C)C. The van der Waals surface area contributed by atoms with E-state index in [0.29, 0.717) is 0 Å². The van der Waals surface area contributed by atoms with E-state index in [-0.39, 0.29) is 5.41 Å². The summed E-state index contributed by atoms with van der Waals surface area (Å²) >= 11 is 0. The highest BCUT2D eigenvalue weighted by molar-refractivity contribution is 5.70. The molecule has 1 aromatic heterocycles. The van der Waals surface area contributed by atoms with Crippen molar-refractivity contribution in [1.29, 1.82) is 0 Å². The molecule has 1 aliphatic rings. The second kappa shape index (κ2) is 8.84. The number of likely N-dealkylation sites (N-methyl/N-ethyl adjacent to an activating group) is 1. The van der Waals surface area contributed by atoms with Gasteiger partial charge < -0.3 is 9.38 Å². The Hall–Kier alpha value is -2.65. The third-order valence-electron chi connectivity index (χ3n) is 6.45. The van der Waals surface area contributed by atoms with Crippen LogP contribution < -0.4 is 9.47 Å². The topological polar surface area (TPSA) is 7.12 Å². The third-order valence-corrected chi connectivity index (χ3v) is 6.45. The molecule has 2 aromatic rings. The first kappa shape index (κ1) is 23.0. The van der Waals surface area contributed by atoms with E-state index in [1.807, 2.05) is 6.08 Å². The molecule has 0 amide bonds. The molecule has 0 fully saturated rings. The molecule has 31 heavy (non-hydrogen) atoms. The Balaban J connectivity index is 1.82. The highest BCUT2D eigenvalue weighted by Gasteiger charge is 2.37. The average Bonchev–Trinajstić information content (AvgIpc) is 2.89. The van der Waals surface area contributed by atoms with Gasteiger partial charge in [0.05, 0.1) is 34.1 Å². The van der Waals surface area contributed by atoms with Crippen LogP contribution in [0.15, 0.2) is 61.0 Å². The smallest absolute Gasteiger partial charge is 0.208 e. The highest BCUT2D eigenvalue weighted by Crippen LogP contribution is 2.46. The molecule has 0 radical (unpaired) electrons. The normalized spacial score (nSPS) is 16.9. The number of hydrogen-bond acceptors (Lipinski definition) is 1. The van der Waals surface area contributed by atoms with Crippen LogP contribution in [0.3, 0.4) is 0 Å². The zero-order chi connectivity index (χ0) is 22.8. The van der Waals surface area contributed by atoms with Crippen molar-refractivity contribution >= 4 is 17.8 Å². The van der Waals surface area contributed by atoms with Crippen LogP contribution in [-0.2, 0) is 12.0 Å². The van der Waals surface area contributed by atoms with Crippen molar-refractivity contribution in [3.63, 3.8) is 0 Å². The lowest BCUT2D eigenvalue weighted by Crippen LogP contribution is -2.42. The van der Waals surface area contributed by atoms with Gasteiger partial charge in [-0.25, -0.2) is 0 Å². The van der Waals surface area contributed by atoms with Crippen LogP contribution in [0.25, 0.3) is 12.2 Å². The quantitative estimate of drug-likeness (QED) is 0.435. The number of nitrogens with zero attached hydrogens (tertiary/aromatic N) is 3. The van der Waals surface area contributed by atoms with Crippen molar-refractivity contribution < 1.29 is 9.05 Å². The molecule has 3 heteroatoms. The maximum Gasteiger partial charge on any atom is 0.208 e. The first-order valence-electron chi connectivity index (χ1n) is 11.2.